The van der Waals surface area contributed by atoms with E-state index in [2.05, 4.69) is 5.32 Å². The average Bonchev–Trinajstić information content (AvgIpc) is 3.07. The van der Waals surface area contributed by atoms with Crippen molar-refractivity contribution in [1.29, 1.82) is 0 Å². The Hall–Kier alpha value is -3.28. The maximum absolute atomic E-state index is 12.7. The second-order valence-corrected chi connectivity index (χ2v) is 9.47. The molecule has 0 bridgehead atoms. The number of amides is 3. The molecule has 0 aliphatic carbocycles. The van der Waals surface area contributed by atoms with Crippen molar-refractivity contribution in [2.45, 2.75) is 17.9 Å². The molecule has 13 heteroatoms. The van der Waals surface area contributed by atoms with Crippen LogP contribution >= 0.6 is 23.2 Å². The Kier molecular flexibility index (Phi) is 6.86. The van der Waals surface area contributed by atoms with E-state index >= 15 is 0 Å². The van der Waals surface area contributed by atoms with Crippen LogP contribution in [0.25, 0.3) is 10.9 Å². The highest BCUT2D eigenvalue weighted by molar-refractivity contribution is 7.90. The van der Waals surface area contributed by atoms with Crippen LogP contribution in [0.2, 0.25) is 10.0 Å². The fourth-order valence-electron chi connectivity index (χ4n) is 2.95. The van der Waals surface area contributed by atoms with Gasteiger partial charge in [-0.3, -0.25) is 9.59 Å². The Morgan fingerprint density at radius 1 is 1.06 bits per heavy atom. The summed E-state index contributed by atoms with van der Waals surface area (Å²) >= 11 is 12.3. The molecule has 10 nitrogen and oxygen atoms in total. The minimum atomic E-state index is -4.26. The molecule has 0 radical (unpaired) electrons. The van der Waals surface area contributed by atoms with Crippen molar-refractivity contribution in [2.75, 3.05) is 5.32 Å². The molecule has 174 valence electrons. The third kappa shape index (κ3) is 5.21. The van der Waals surface area contributed by atoms with E-state index in [9.17, 15) is 22.8 Å². The molecule has 3 rings (SSSR count). The lowest BCUT2D eigenvalue weighted by Gasteiger charge is -2.12. The Bertz CT molecular complexity index is 1370. The van der Waals surface area contributed by atoms with Gasteiger partial charge in [0.2, 0.25) is 0 Å². The molecule has 0 aliphatic rings. The molecular weight excluding hydrogens is 495 g/mol. The number of hydrogen-bond acceptors (Lipinski definition) is 5. The number of aryl methyl sites for hydroxylation is 1. The van der Waals surface area contributed by atoms with Crippen molar-refractivity contribution in [1.82, 2.24) is 14.6 Å². The van der Waals surface area contributed by atoms with Crippen molar-refractivity contribution < 1.29 is 27.9 Å². The molecule has 2 aromatic carbocycles. The average molecular weight is 513 g/mol. The molecule has 4 N–H and O–H groups in total. The summed E-state index contributed by atoms with van der Waals surface area (Å²) in [4.78, 5) is 35.0. The highest BCUT2D eigenvalue weighted by Gasteiger charge is 2.21. The molecule has 0 aliphatic heterocycles. The summed E-state index contributed by atoms with van der Waals surface area (Å²) < 4.78 is 28.0. The van der Waals surface area contributed by atoms with Crippen LogP contribution in [-0.4, -0.2) is 42.0 Å². The van der Waals surface area contributed by atoms with E-state index in [1.807, 2.05) is 5.32 Å². The molecule has 0 saturated heterocycles. The number of aliphatic carboxylic acids is 1. The molecule has 0 spiro atoms. The topological polar surface area (TPSA) is 147 Å². The van der Waals surface area contributed by atoms with Gasteiger partial charge in [-0.05, 0) is 49.4 Å². The number of anilines is 1. The number of carboxylic acid groups (broad SMARTS) is 1. The number of benzene rings is 2. The lowest BCUT2D eigenvalue weighted by atomic mass is 10.2. The number of nitrogens with zero attached hydrogens (tertiary/aromatic N) is 1. The first-order valence-corrected chi connectivity index (χ1v) is 11.6. The van der Waals surface area contributed by atoms with Crippen LogP contribution in [0.4, 0.5) is 10.5 Å². The highest BCUT2D eigenvalue weighted by atomic mass is 35.5. The van der Waals surface area contributed by atoms with Gasteiger partial charge in [-0.1, -0.05) is 23.2 Å². The molecule has 1 unspecified atom stereocenters. The first kappa shape index (κ1) is 24.4. The largest absolute Gasteiger partial charge is 0.480 e. The predicted octanol–water partition coefficient (Wildman–Crippen LogP) is 3.20. The Morgan fingerprint density at radius 3 is 2.30 bits per heavy atom. The number of carboxylic acids is 1. The summed E-state index contributed by atoms with van der Waals surface area (Å²) in [5.41, 5.74) is 1.31. The van der Waals surface area contributed by atoms with Gasteiger partial charge in [0.15, 0.2) is 0 Å². The van der Waals surface area contributed by atoms with Crippen LogP contribution in [0.1, 0.15) is 17.4 Å². The fraction of sp³-hybridized carbons (Fsp3) is 0.150. The van der Waals surface area contributed by atoms with Crippen LogP contribution < -0.4 is 15.4 Å². The van der Waals surface area contributed by atoms with Crippen LogP contribution in [0.15, 0.2) is 47.4 Å². The summed E-state index contributed by atoms with van der Waals surface area (Å²) in [6, 6.07) is 7.55. The van der Waals surface area contributed by atoms with E-state index in [1.54, 1.807) is 34.5 Å². The van der Waals surface area contributed by atoms with Crippen LogP contribution in [-0.2, 0) is 21.9 Å². The number of urea groups is 1. The molecular formula is C20H18Cl2N4O6S. The fourth-order valence-corrected chi connectivity index (χ4v) is 4.24. The van der Waals surface area contributed by atoms with E-state index in [0.29, 0.717) is 32.3 Å². The van der Waals surface area contributed by atoms with Gasteiger partial charge in [-0.25, -0.2) is 17.9 Å². The van der Waals surface area contributed by atoms with Gasteiger partial charge >= 0.3 is 12.0 Å². The summed E-state index contributed by atoms with van der Waals surface area (Å²) in [6.07, 6.45) is 0. The van der Waals surface area contributed by atoms with E-state index in [0.717, 1.165) is 0 Å². The predicted molar refractivity (Wildman–Crippen MR) is 123 cm³/mol. The first-order chi connectivity index (χ1) is 15.4. The standard InChI is InChI=1S/C20H18Cl2N4O6S/c1-10(19(28)29)23-20(30)25-33(31,32)12-5-3-11(4-6-12)24-18(27)16-9-13-15(26(16)2)8-7-14(21)17(13)22/h3-10H,1-2H3,(H,24,27)(H,28,29)(H2,23,25,30). The maximum Gasteiger partial charge on any atom is 0.329 e. The zero-order valence-corrected chi connectivity index (χ0v) is 19.5. The molecule has 3 amide bonds. The minimum absolute atomic E-state index is 0.260. The second-order valence-electron chi connectivity index (χ2n) is 7.00. The summed E-state index contributed by atoms with van der Waals surface area (Å²) in [5, 5.41) is 14.7. The van der Waals surface area contributed by atoms with Crippen molar-refractivity contribution in [3.8, 4) is 0 Å². The maximum atomic E-state index is 12.7. The molecule has 0 fully saturated rings. The van der Waals surface area contributed by atoms with Gasteiger partial charge in [0, 0.05) is 23.6 Å². The number of aromatic nitrogens is 1. The van der Waals surface area contributed by atoms with Crippen LogP contribution in [0.3, 0.4) is 0 Å². The Labute approximate surface area is 198 Å². The van der Waals surface area contributed by atoms with Crippen LogP contribution in [0.5, 0.6) is 0 Å². The van der Waals surface area contributed by atoms with Crippen molar-refractivity contribution in [3.63, 3.8) is 0 Å². The third-order valence-corrected chi connectivity index (χ3v) is 6.88. The molecule has 33 heavy (non-hydrogen) atoms. The molecule has 1 atom stereocenters. The molecule has 1 heterocycles. The third-order valence-electron chi connectivity index (χ3n) is 4.71. The lowest BCUT2D eigenvalue weighted by Crippen LogP contribution is -2.46. The first-order valence-electron chi connectivity index (χ1n) is 9.31. The van der Waals surface area contributed by atoms with E-state index in [1.165, 1.54) is 31.2 Å². The number of carbonyl (C=O) groups is 3. The number of rotatable bonds is 6. The van der Waals surface area contributed by atoms with Gasteiger partial charge in [0.05, 0.1) is 14.9 Å². The van der Waals surface area contributed by atoms with Gasteiger partial charge in [-0.2, -0.15) is 0 Å². The van der Waals surface area contributed by atoms with E-state index < -0.39 is 34.0 Å². The zero-order valence-electron chi connectivity index (χ0n) is 17.2. The normalized spacial score (nSPS) is 12.2. The molecule has 1 aromatic heterocycles. The molecule has 3 aromatic rings. The highest BCUT2D eigenvalue weighted by Crippen LogP contribution is 2.32. The second kappa shape index (κ2) is 9.30. The van der Waals surface area contributed by atoms with E-state index in [4.69, 9.17) is 28.3 Å². The smallest absolute Gasteiger partial charge is 0.329 e. The Balaban J connectivity index is 1.74. The van der Waals surface area contributed by atoms with E-state index in [-0.39, 0.29) is 4.90 Å². The van der Waals surface area contributed by atoms with Gasteiger partial charge in [-0.15, -0.1) is 0 Å². The lowest BCUT2D eigenvalue weighted by molar-refractivity contribution is -0.138. The van der Waals surface area contributed by atoms with Gasteiger partial charge < -0.3 is 20.3 Å². The SMILES string of the molecule is CC(NC(=O)NS(=O)(=O)c1ccc(NC(=O)c2cc3c(Cl)c(Cl)ccc3n2C)cc1)C(=O)O. The van der Waals surface area contributed by atoms with Crippen molar-refractivity contribution in [3.05, 3.63) is 58.2 Å². The monoisotopic (exact) mass is 512 g/mol. The Morgan fingerprint density at radius 2 is 1.70 bits per heavy atom. The number of nitrogens with one attached hydrogen (secondary N) is 3. The van der Waals surface area contributed by atoms with Crippen molar-refractivity contribution >= 4 is 67.7 Å². The summed E-state index contributed by atoms with van der Waals surface area (Å²) in [6.45, 7) is 1.18. The number of hydrogen-bond donors (Lipinski definition) is 4. The number of sulfonamides is 1. The van der Waals surface area contributed by atoms with Crippen LogP contribution in [0, 0.1) is 0 Å². The van der Waals surface area contributed by atoms with Crippen molar-refractivity contribution in [2.24, 2.45) is 7.05 Å². The summed E-state index contributed by atoms with van der Waals surface area (Å²) in [7, 11) is -2.57. The molecule has 0 saturated carbocycles. The minimum Gasteiger partial charge on any atom is -0.480 e. The number of halogens is 2. The summed E-state index contributed by atoms with van der Waals surface area (Å²) in [5.74, 6) is -1.78. The zero-order chi connectivity index (χ0) is 24.5. The quantitative estimate of drug-likeness (QED) is 0.398. The van der Waals surface area contributed by atoms with Gasteiger partial charge in [0.1, 0.15) is 11.7 Å². The number of carbonyl (C=O) groups excluding carboxylic acids is 2. The van der Waals surface area contributed by atoms with Gasteiger partial charge in [0.25, 0.3) is 15.9 Å². The number of fused-ring (bicyclic) bond motifs is 1.